The van der Waals surface area contributed by atoms with Crippen molar-refractivity contribution >= 4 is 0 Å². The molecule has 1 aliphatic carbocycles. The molecule has 0 amide bonds. The smallest absolute Gasteiger partial charge is 0.0874 e. The zero-order chi connectivity index (χ0) is 16.5. The van der Waals surface area contributed by atoms with E-state index >= 15 is 0 Å². The maximum Gasteiger partial charge on any atom is 0.0874 e. The SMILES string of the molecule is CCCC1=C(CCC)[C@@H](C#N)[C@@H](C#N)C(CCC)=C1CCC. The van der Waals surface area contributed by atoms with Crippen molar-refractivity contribution in [2.24, 2.45) is 11.8 Å². The summed E-state index contributed by atoms with van der Waals surface area (Å²) >= 11 is 0. The van der Waals surface area contributed by atoms with Crippen LogP contribution in [0.3, 0.4) is 0 Å². The van der Waals surface area contributed by atoms with Crippen LogP contribution in [0, 0.1) is 34.5 Å². The summed E-state index contributed by atoms with van der Waals surface area (Å²) in [6.07, 6.45) is 8.30. The third-order valence-corrected chi connectivity index (χ3v) is 4.54. The summed E-state index contributed by atoms with van der Waals surface area (Å²) in [6.45, 7) is 8.74. The molecule has 0 N–H and O–H groups in total. The van der Waals surface area contributed by atoms with Gasteiger partial charge in [-0.1, -0.05) is 53.4 Å². The summed E-state index contributed by atoms with van der Waals surface area (Å²) in [5.74, 6) is -0.456. The fourth-order valence-electron chi connectivity index (χ4n) is 3.74. The third-order valence-electron chi connectivity index (χ3n) is 4.54. The summed E-state index contributed by atoms with van der Waals surface area (Å²) < 4.78 is 0. The van der Waals surface area contributed by atoms with Gasteiger partial charge in [0.2, 0.25) is 0 Å². The predicted octanol–water partition coefficient (Wildman–Crippen LogP) is 6.07. The summed E-state index contributed by atoms with van der Waals surface area (Å²) in [5, 5.41) is 19.4. The number of hydrogen-bond acceptors (Lipinski definition) is 2. The van der Waals surface area contributed by atoms with E-state index in [1.54, 1.807) is 0 Å². The highest BCUT2D eigenvalue weighted by Gasteiger charge is 2.35. The lowest BCUT2D eigenvalue weighted by Crippen LogP contribution is -2.25. The fraction of sp³-hybridized carbons (Fsp3) is 0.700. The van der Waals surface area contributed by atoms with Gasteiger partial charge in [-0.15, -0.1) is 0 Å². The summed E-state index contributed by atoms with van der Waals surface area (Å²) in [6, 6.07) is 4.93. The van der Waals surface area contributed by atoms with Crippen LogP contribution >= 0.6 is 0 Å². The van der Waals surface area contributed by atoms with Crippen LogP contribution in [0.4, 0.5) is 0 Å². The second kappa shape index (κ2) is 9.47. The number of nitrogens with zero attached hydrogens (tertiary/aromatic N) is 2. The molecule has 120 valence electrons. The van der Waals surface area contributed by atoms with Crippen molar-refractivity contribution in [3.05, 3.63) is 22.3 Å². The van der Waals surface area contributed by atoms with Crippen molar-refractivity contribution in [3.63, 3.8) is 0 Å². The molecule has 0 bridgehead atoms. The topological polar surface area (TPSA) is 47.6 Å². The molecule has 0 aliphatic heterocycles. The van der Waals surface area contributed by atoms with Gasteiger partial charge in [-0.2, -0.15) is 10.5 Å². The largest absolute Gasteiger partial charge is 0.198 e. The molecule has 0 spiro atoms. The van der Waals surface area contributed by atoms with Crippen LogP contribution < -0.4 is 0 Å². The normalized spacial score (nSPS) is 21.7. The Balaban J connectivity index is 3.54. The second-order valence-electron chi connectivity index (χ2n) is 6.22. The lowest BCUT2D eigenvalue weighted by molar-refractivity contribution is 0.542. The molecule has 0 aromatic carbocycles. The van der Waals surface area contributed by atoms with E-state index in [1.165, 1.54) is 22.3 Å². The van der Waals surface area contributed by atoms with E-state index in [0.717, 1.165) is 51.4 Å². The van der Waals surface area contributed by atoms with Crippen LogP contribution in [-0.4, -0.2) is 0 Å². The highest BCUT2D eigenvalue weighted by atomic mass is 14.4. The minimum Gasteiger partial charge on any atom is -0.198 e. The minimum atomic E-state index is -0.228. The molecule has 0 aromatic rings. The Morgan fingerprint density at radius 1 is 0.636 bits per heavy atom. The van der Waals surface area contributed by atoms with Gasteiger partial charge in [0.1, 0.15) is 0 Å². The molecule has 1 aliphatic rings. The maximum atomic E-state index is 9.72. The molecular formula is C20H30N2. The molecule has 0 saturated carbocycles. The third kappa shape index (κ3) is 3.80. The average molecular weight is 298 g/mol. The number of hydrogen-bond donors (Lipinski definition) is 0. The number of nitriles is 2. The van der Waals surface area contributed by atoms with Gasteiger partial charge in [-0.05, 0) is 48.0 Å². The van der Waals surface area contributed by atoms with Crippen LogP contribution in [0.25, 0.3) is 0 Å². The van der Waals surface area contributed by atoms with E-state index in [4.69, 9.17) is 0 Å². The van der Waals surface area contributed by atoms with Crippen LogP contribution in [-0.2, 0) is 0 Å². The number of rotatable bonds is 8. The Morgan fingerprint density at radius 2 is 0.955 bits per heavy atom. The Morgan fingerprint density at radius 3 is 1.18 bits per heavy atom. The minimum absolute atomic E-state index is 0.228. The van der Waals surface area contributed by atoms with Gasteiger partial charge in [-0.3, -0.25) is 0 Å². The first-order valence-corrected chi connectivity index (χ1v) is 8.93. The van der Waals surface area contributed by atoms with Crippen molar-refractivity contribution < 1.29 is 0 Å². The lowest BCUT2D eigenvalue weighted by Gasteiger charge is -2.33. The van der Waals surface area contributed by atoms with Gasteiger partial charge >= 0.3 is 0 Å². The summed E-state index contributed by atoms with van der Waals surface area (Å²) in [7, 11) is 0. The van der Waals surface area contributed by atoms with Gasteiger partial charge in [0.05, 0.1) is 24.0 Å². The zero-order valence-corrected chi connectivity index (χ0v) is 14.7. The first kappa shape index (κ1) is 18.5. The molecule has 0 heterocycles. The Labute approximate surface area is 136 Å². The van der Waals surface area contributed by atoms with Gasteiger partial charge in [-0.25, -0.2) is 0 Å². The highest BCUT2D eigenvalue weighted by molar-refractivity contribution is 5.49. The first-order chi connectivity index (χ1) is 10.7. The van der Waals surface area contributed by atoms with Crippen molar-refractivity contribution in [1.29, 1.82) is 10.5 Å². The van der Waals surface area contributed by atoms with Crippen molar-refractivity contribution in [2.45, 2.75) is 79.1 Å². The molecule has 0 aromatic heterocycles. The van der Waals surface area contributed by atoms with Crippen LogP contribution in [0.15, 0.2) is 22.3 Å². The quantitative estimate of drug-likeness (QED) is 0.545. The van der Waals surface area contributed by atoms with E-state index in [-0.39, 0.29) is 11.8 Å². The van der Waals surface area contributed by atoms with Gasteiger partial charge in [0, 0.05) is 0 Å². The molecule has 2 atom stereocenters. The average Bonchev–Trinajstić information content (AvgIpc) is 2.52. The second-order valence-corrected chi connectivity index (χ2v) is 6.22. The molecule has 1 rings (SSSR count). The molecule has 22 heavy (non-hydrogen) atoms. The van der Waals surface area contributed by atoms with Crippen LogP contribution in [0.1, 0.15) is 79.1 Å². The molecule has 0 unspecified atom stereocenters. The van der Waals surface area contributed by atoms with Crippen LogP contribution in [0.5, 0.6) is 0 Å². The molecule has 2 nitrogen and oxygen atoms in total. The van der Waals surface area contributed by atoms with E-state index < -0.39 is 0 Å². The molecular weight excluding hydrogens is 268 g/mol. The Kier molecular flexibility index (Phi) is 7.97. The molecule has 0 saturated heterocycles. The van der Waals surface area contributed by atoms with Gasteiger partial charge < -0.3 is 0 Å². The van der Waals surface area contributed by atoms with E-state index in [2.05, 4.69) is 39.8 Å². The predicted molar refractivity (Wildman–Crippen MR) is 91.9 cm³/mol. The molecule has 0 radical (unpaired) electrons. The van der Waals surface area contributed by atoms with Gasteiger partial charge in [0.15, 0.2) is 0 Å². The van der Waals surface area contributed by atoms with Crippen molar-refractivity contribution in [2.75, 3.05) is 0 Å². The fourth-order valence-corrected chi connectivity index (χ4v) is 3.74. The van der Waals surface area contributed by atoms with E-state index in [1.807, 2.05) is 0 Å². The highest BCUT2D eigenvalue weighted by Crippen LogP contribution is 2.45. The number of allylic oxidation sites excluding steroid dienone is 4. The van der Waals surface area contributed by atoms with E-state index in [9.17, 15) is 10.5 Å². The molecule has 0 fully saturated rings. The Hall–Kier alpha value is -1.54. The standard InChI is InChI=1S/C20H30N2/c1-5-9-15-16(10-6-2)18(12-8-4)20(14-22)19(13-21)17(15)11-7-3/h19-20H,5-12H2,1-4H3/t19-,20+. The zero-order valence-electron chi connectivity index (χ0n) is 14.7. The maximum absolute atomic E-state index is 9.72. The Bertz CT molecular complexity index is 463. The van der Waals surface area contributed by atoms with Crippen molar-refractivity contribution in [3.8, 4) is 12.1 Å². The van der Waals surface area contributed by atoms with Crippen LogP contribution in [0.2, 0.25) is 0 Å². The summed E-state index contributed by atoms with van der Waals surface area (Å²) in [4.78, 5) is 0. The van der Waals surface area contributed by atoms with Gasteiger partial charge in [0.25, 0.3) is 0 Å². The monoisotopic (exact) mass is 298 g/mol. The summed E-state index contributed by atoms with van der Waals surface area (Å²) in [5.41, 5.74) is 5.38. The molecule has 2 heteroatoms. The van der Waals surface area contributed by atoms with E-state index in [0.29, 0.717) is 0 Å². The first-order valence-electron chi connectivity index (χ1n) is 8.93. The van der Waals surface area contributed by atoms with Crippen molar-refractivity contribution in [1.82, 2.24) is 0 Å². The lowest BCUT2D eigenvalue weighted by atomic mass is 9.68.